The van der Waals surface area contributed by atoms with Gasteiger partial charge in [-0.1, -0.05) is 13.8 Å². The highest BCUT2D eigenvalue weighted by atomic mass is 15.2. The van der Waals surface area contributed by atoms with Crippen molar-refractivity contribution >= 4 is 5.65 Å². The van der Waals surface area contributed by atoms with E-state index in [9.17, 15) is 0 Å². The van der Waals surface area contributed by atoms with Crippen molar-refractivity contribution in [2.24, 2.45) is 5.73 Å². The van der Waals surface area contributed by atoms with E-state index in [-0.39, 0.29) is 12.0 Å². The van der Waals surface area contributed by atoms with Crippen LogP contribution in [0.1, 0.15) is 31.9 Å². The molecular weight excluding hydrogens is 190 g/mol. The SMILES string of the molecule is CCC(N)C(C)c1nccn2cnnc12. The van der Waals surface area contributed by atoms with Crippen LogP contribution in [0.25, 0.3) is 5.65 Å². The first-order valence-corrected chi connectivity index (χ1v) is 5.13. The summed E-state index contributed by atoms with van der Waals surface area (Å²) in [7, 11) is 0. The first kappa shape index (κ1) is 10.0. The molecule has 0 amide bonds. The monoisotopic (exact) mass is 205 g/mol. The summed E-state index contributed by atoms with van der Waals surface area (Å²) in [6.07, 6.45) is 6.19. The molecule has 0 aliphatic carbocycles. The van der Waals surface area contributed by atoms with E-state index in [2.05, 4.69) is 29.0 Å². The van der Waals surface area contributed by atoms with Crippen molar-refractivity contribution in [1.82, 2.24) is 19.6 Å². The highest BCUT2D eigenvalue weighted by Crippen LogP contribution is 2.20. The number of hydrogen-bond acceptors (Lipinski definition) is 4. The quantitative estimate of drug-likeness (QED) is 0.810. The molecule has 0 spiro atoms. The summed E-state index contributed by atoms with van der Waals surface area (Å²) in [6.45, 7) is 4.15. The summed E-state index contributed by atoms with van der Waals surface area (Å²) in [6, 6.07) is 0.111. The second-order valence-electron chi connectivity index (χ2n) is 3.74. The molecule has 0 aliphatic rings. The van der Waals surface area contributed by atoms with Crippen molar-refractivity contribution in [1.29, 1.82) is 0 Å². The smallest absolute Gasteiger partial charge is 0.182 e. The molecule has 80 valence electrons. The second-order valence-corrected chi connectivity index (χ2v) is 3.74. The second kappa shape index (κ2) is 3.94. The molecule has 2 N–H and O–H groups in total. The zero-order valence-electron chi connectivity index (χ0n) is 8.96. The highest BCUT2D eigenvalue weighted by molar-refractivity contribution is 5.44. The van der Waals surface area contributed by atoms with Crippen LogP contribution in [0.5, 0.6) is 0 Å². The lowest BCUT2D eigenvalue weighted by atomic mass is 9.97. The van der Waals surface area contributed by atoms with E-state index in [0.717, 1.165) is 17.8 Å². The maximum Gasteiger partial charge on any atom is 0.182 e. The van der Waals surface area contributed by atoms with Gasteiger partial charge in [-0.3, -0.25) is 9.38 Å². The van der Waals surface area contributed by atoms with E-state index in [1.807, 2.05) is 10.6 Å². The van der Waals surface area contributed by atoms with Crippen molar-refractivity contribution in [2.45, 2.75) is 32.2 Å². The van der Waals surface area contributed by atoms with Crippen molar-refractivity contribution in [2.75, 3.05) is 0 Å². The third kappa shape index (κ3) is 1.70. The van der Waals surface area contributed by atoms with Gasteiger partial charge in [-0.15, -0.1) is 10.2 Å². The van der Waals surface area contributed by atoms with Crippen molar-refractivity contribution in [3.63, 3.8) is 0 Å². The van der Waals surface area contributed by atoms with Gasteiger partial charge < -0.3 is 5.73 Å². The molecular formula is C10H15N5. The Hall–Kier alpha value is -1.49. The number of nitrogens with zero attached hydrogens (tertiary/aromatic N) is 4. The normalized spacial score (nSPS) is 15.4. The van der Waals surface area contributed by atoms with Gasteiger partial charge in [0, 0.05) is 24.4 Å². The van der Waals surface area contributed by atoms with Gasteiger partial charge in [0.1, 0.15) is 6.33 Å². The lowest BCUT2D eigenvalue weighted by Gasteiger charge is -2.17. The van der Waals surface area contributed by atoms with Crippen LogP contribution in [-0.4, -0.2) is 25.6 Å². The third-order valence-corrected chi connectivity index (χ3v) is 2.79. The molecule has 2 atom stereocenters. The van der Waals surface area contributed by atoms with E-state index >= 15 is 0 Å². The standard InChI is InChI=1S/C10H15N5/c1-3-8(11)7(2)9-10-14-13-6-15(10)5-4-12-9/h4-8H,3,11H2,1-2H3. The van der Waals surface area contributed by atoms with E-state index in [1.165, 1.54) is 0 Å². The van der Waals surface area contributed by atoms with Gasteiger partial charge in [0.25, 0.3) is 0 Å². The largest absolute Gasteiger partial charge is 0.327 e. The highest BCUT2D eigenvalue weighted by Gasteiger charge is 2.18. The molecule has 0 bridgehead atoms. The van der Waals surface area contributed by atoms with Crippen LogP contribution < -0.4 is 5.73 Å². The van der Waals surface area contributed by atoms with Gasteiger partial charge in [-0.2, -0.15) is 0 Å². The van der Waals surface area contributed by atoms with Crippen molar-refractivity contribution in [3.8, 4) is 0 Å². The molecule has 5 heteroatoms. The Kier molecular flexibility index (Phi) is 2.64. The molecule has 2 rings (SSSR count). The Balaban J connectivity index is 2.46. The molecule has 0 fully saturated rings. The summed E-state index contributed by atoms with van der Waals surface area (Å²) in [5, 5.41) is 7.91. The molecule has 2 aromatic rings. The predicted molar refractivity (Wildman–Crippen MR) is 57.5 cm³/mol. The van der Waals surface area contributed by atoms with Crippen LogP contribution in [0.2, 0.25) is 0 Å². The van der Waals surface area contributed by atoms with Crippen LogP contribution >= 0.6 is 0 Å². The minimum Gasteiger partial charge on any atom is -0.327 e. The Bertz CT molecular complexity index is 450. The van der Waals surface area contributed by atoms with Gasteiger partial charge in [0.15, 0.2) is 5.65 Å². The fourth-order valence-corrected chi connectivity index (χ4v) is 1.66. The third-order valence-electron chi connectivity index (χ3n) is 2.79. The maximum atomic E-state index is 6.01. The van der Waals surface area contributed by atoms with Crippen LogP contribution in [0, 0.1) is 0 Å². The first-order valence-electron chi connectivity index (χ1n) is 5.13. The average molecular weight is 205 g/mol. The Morgan fingerprint density at radius 3 is 3.07 bits per heavy atom. The summed E-state index contributed by atoms with van der Waals surface area (Å²) < 4.78 is 1.86. The topological polar surface area (TPSA) is 69.1 Å². The lowest BCUT2D eigenvalue weighted by molar-refractivity contribution is 0.541. The molecule has 0 saturated carbocycles. The molecule has 5 nitrogen and oxygen atoms in total. The Morgan fingerprint density at radius 1 is 1.53 bits per heavy atom. The lowest BCUT2D eigenvalue weighted by Crippen LogP contribution is -2.26. The van der Waals surface area contributed by atoms with Gasteiger partial charge in [-0.05, 0) is 6.42 Å². The molecule has 2 aromatic heterocycles. The first-order chi connectivity index (χ1) is 7.24. The Labute approximate surface area is 88.3 Å². The van der Waals surface area contributed by atoms with Crippen molar-refractivity contribution in [3.05, 3.63) is 24.4 Å². The summed E-state index contributed by atoms with van der Waals surface area (Å²) in [5.74, 6) is 0.197. The van der Waals surface area contributed by atoms with Gasteiger partial charge in [0.2, 0.25) is 0 Å². The number of hydrogen-bond donors (Lipinski definition) is 1. The molecule has 2 unspecified atom stereocenters. The zero-order valence-corrected chi connectivity index (χ0v) is 8.96. The number of aromatic nitrogens is 4. The average Bonchev–Trinajstić information content (AvgIpc) is 2.74. The number of rotatable bonds is 3. The molecule has 15 heavy (non-hydrogen) atoms. The molecule has 0 saturated heterocycles. The minimum absolute atomic E-state index is 0.111. The van der Waals surface area contributed by atoms with Crippen LogP contribution in [0.3, 0.4) is 0 Å². The summed E-state index contributed by atoms with van der Waals surface area (Å²) in [5.41, 5.74) is 7.73. The molecule has 0 radical (unpaired) electrons. The predicted octanol–water partition coefficient (Wildman–Crippen LogP) is 0.965. The van der Waals surface area contributed by atoms with Crippen LogP contribution in [-0.2, 0) is 0 Å². The number of nitrogens with two attached hydrogens (primary N) is 1. The van der Waals surface area contributed by atoms with Crippen molar-refractivity contribution < 1.29 is 0 Å². The van der Waals surface area contributed by atoms with Crippen LogP contribution in [0.15, 0.2) is 18.7 Å². The van der Waals surface area contributed by atoms with Crippen LogP contribution in [0.4, 0.5) is 0 Å². The fourth-order valence-electron chi connectivity index (χ4n) is 1.66. The maximum absolute atomic E-state index is 6.01. The molecule has 0 aliphatic heterocycles. The van der Waals surface area contributed by atoms with E-state index in [4.69, 9.17) is 5.73 Å². The van der Waals surface area contributed by atoms with Gasteiger partial charge >= 0.3 is 0 Å². The summed E-state index contributed by atoms with van der Waals surface area (Å²) >= 11 is 0. The van der Waals surface area contributed by atoms with E-state index < -0.39 is 0 Å². The fraction of sp³-hybridized carbons (Fsp3) is 0.500. The molecule has 0 aromatic carbocycles. The minimum atomic E-state index is 0.111. The van der Waals surface area contributed by atoms with E-state index in [1.54, 1.807) is 12.5 Å². The van der Waals surface area contributed by atoms with Gasteiger partial charge in [0.05, 0.1) is 5.69 Å². The summed E-state index contributed by atoms with van der Waals surface area (Å²) in [4.78, 5) is 4.34. The van der Waals surface area contributed by atoms with Gasteiger partial charge in [-0.25, -0.2) is 0 Å². The zero-order chi connectivity index (χ0) is 10.8. The Morgan fingerprint density at radius 2 is 2.33 bits per heavy atom. The van der Waals surface area contributed by atoms with E-state index in [0.29, 0.717) is 0 Å². The molecule has 2 heterocycles. The number of fused-ring (bicyclic) bond motifs is 1.